The van der Waals surface area contributed by atoms with E-state index in [2.05, 4.69) is 22.7 Å². The highest BCUT2D eigenvalue weighted by Gasteiger charge is 2.32. The van der Waals surface area contributed by atoms with E-state index in [0.29, 0.717) is 12.1 Å². The predicted molar refractivity (Wildman–Crippen MR) is 63.9 cm³/mol. The highest BCUT2D eigenvalue weighted by Crippen LogP contribution is 2.32. The summed E-state index contributed by atoms with van der Waals surface area (Å²) >= 11 is 9.77. The first-order chi connectivity index (χ1) is 8.21. The molecule has 18 heavy (non-hydrogen) atoms. The fourth-order valence-electron chi connectivity index (χ4n) is 1.03. The van der Waals surface area contributed by atoms with E-state index in [1.165, 1.54) is 0 Å². The molecule has 3 N–H and O–H groups in total. The van der Waals surface area contributed by atoms with E-state index < -0.39 is 28.1 Å². The van der Waals surface area contributed by atoms with E-state index in [1.54, 1.807) is 0 Å². The number of rotatable bonds is 2. The zero-order valence-electron chi connectivity index (χ0n) is 8.55. The highest BCUT2D eigenvalue weighted by molar-refractivity contribution is 7.80. The molecule has 0 saturated carbocycles. The van der Waals surface area contributed by atoms with Crippen molar-refractivity contribution in [1.82, 2.24) is 5.43 Å². The number of nitrogens with one attached hydrogen (secondary N) is 1. The van der Waals surface area contributed by atoms with Crippen LogP contribution in [0.1, 0.15) is 11.1 Å². The van der Waals surface area contributed by atoms with Gasteiger partial charge in [0.15, 0.2) is 10.9 Å². The summed E-state index contributed by atoms with van der Waals surface area (Å²) in [5.41, 5.74) is 5.61. The molecule has 0 fully saturated rings. The number of nitrogens with zero attached hydrogens (tertiary/aromatic N) is 1. The van der Waals surface area contributed by atoms with Gasteiger partial charge >= 0.3 is 6.18 Å². The molecule has 1 aromatic carbocycles. The van der Waals surface area contributed by atoms with E-state index in [-0.39, 0.29) is 5.11 Å². The van der Waals surface area contributed by atoms with Crippen LogP contribution in [0.15, 0.2) is 17.2 Å². The molecule has 1 aromatic rings. The third-order valence-electron chi connectivity index (χ3n) is 1.76. The average molecular weight is 300 g/mol. The summed E-state index contributed by atoms with van der Waals surface area (Å²) < 4.78 is 50.8. The van der Waals surface area contributed by atoms with Crippen molar-refractivity contribution in [3.8, 4) is 0 Å². The number of halogens is 5. The minimum atomic E-state index is -4.63. The largest absolute Gasteiger partial charge is 0.416 e. The van der Waals surface area contributed by atoms with Crippen LogP contribution in [0.3, 0.4) is 0 Å². The molecular weight excluding hydrogens is 294 g/mol. The Kier molecular flexibility index (Phi) is 4.47. The monoisotopic (exact) mass is 299 g/mol. The summed E-state index contributed by atoms with van der Waals surface area (Å²) in [5.74, 6) is -1.02. The van der Waals surface area contributed by atoms with Gasteiger partial charge in [0.05, 0.1) is 16.8 Å². The topological polar surface area (TPSA) is 50.4 Å². The lowest BCUT2D eigenvalue weighted by Crippen LogP contribution is -2.24. The van der Waals surface area contributed by atoms with Crippen LogP contribution < -0.4 is 11.2 Å². The second kappa shape index (κ2) is 5.49. The number of hydrogen-bond acceptors (Lipinski definition) is 2. The maximum Gasteiger partial charge on any atom is 0.416 e. The molecule has 0 heterocycles. The lowest BCUT2D eigenvalue weighted by atomic mass is 10.1. The van der Waals surface area contributed by atoms with E-state index in [0.717, 1.165) is 6.21 Å². The summed E-state index contributed by atoms with van der Waals surface area (Å²) in [6.07, 6.45) is -3.83. The first-order valence-corrected chi connectivity index (χ1v) is 5.15. The quantitative estimate of drug-likeness (QED) is 0.382. The number of hydrazone groups is 1. The molecular formula is C9H6ClF4N3S. The lowest BCUT2D eigenvalue weighted by Gasteiger charge is -2.09. The zero-order valence-corrected chi connectivity index (χ0v) is 10.1. The molecule has 0 spiro atoms. The summed E-state index contributed by atoms with van der Waals surface area (Å²) in [7, 11) is 0. The van der Waals surface area contributed by atoms with Crippen molar-refractivity contribution in [1.29, 1.82) is 0 Å². The van der Waals surface area contributed by atoms with Gasteiger partial charge in [-0.25, -0.2) is 4.39 Å². The van der Waals surface area contributed by atoms with Gasteiger partial charge in [0.1, 0.15) is 0 Å². The van der Waals surface area contributed by atoms with E-state index in [1.807, 2.05) is 0 Å². The van der Waals surface area contributed by atoms with Crippen molar-refractivity contribution in [3.63, 3.8) is 0 Å². The van der Waals surface area contributed by atoms with Crippen molar-refractivity contribution in [3.05, 3.63) is 34.1 Å². The van der Waals surface area contributed by atoms with Gasteiger partial charge < -0.3 is 5.73 Å². The standard InChI is InChI=1S/C9H6ClF4N3S/c10-6-2-5(9(12,13)14)1-4(7(6)11)3-16-17-8(15)18/h1-3H,(H3,15,17,18). The Bertz CT molecular complexity index is 501. The van der Waals surface area contributed by atoms with Crippen LogP contribution in [-0.4, -0.2) is 11.3 Å². The molecule has 0 amide bonds. The minimum absolute atomic E-state index is 0.204. The van der Waals surface area contributed by atoms with Gasteiger partial charge in [0.25, 0.3) is 0 Å². The fraction of sp³-hybridized carbons (Fsp3) is 0.111. The van der Waals surface area contributed by atoms with Gasteiger partial charge in [-0.1, -0.05) is 11.6 Å². The predicted octanol–water partition coefficient (Wildman–Crippen LogP) is 2.67. The van der Waals surface area contributed by atoms with Crippen LogP contribution in [0.5, 0.6) is 0 Å². The number of hydrogen-bond donors (Lipinski definition) is 2. The normalized spacial score (nSPS) is 11.8. The molecule has 0 radical (unpaired) electrons. The van der Waals surface area contributed by atoms with E-state index >= 15 is 0 Å². The third-order valence-corrected chi connectivity index (χ3v) is 2.13. The van der Waals surface area contributed by atoms with Gasteiger partial charge in [-0.3, -0.25) is 5.43 Å². The number of benzene rings is 1. The Hall–Kier alpha value is -1.41. The Morgan fingerprint density at radius 2 is 2.06 bits per heavy atom. The molecule has 0 saturated heterocycles. The van der Waals surface area contributed by atoms with E-state index in [4.69, 9.17) is 17.3 Å². The van der Waals surface area contributed by atoms with Crippen LogP contribution in [0.2, 0.25) is 5.02 Å². The molecule has 0 aliphatic rings. The molecule has 0 aromatic heterocycles. The van der Waals surface area contributed by atoms with Crippen molar-refractivity contribution >= 4 is 35.1 Å². The Morgan fingerprint density at radius 3 is 2.56 bits per heavy atom. The summed E-state index contributed by atoms with van der Waals surface area (Å²) in [4.78, 5) is 0. The molecule has 98 valence electrons. The minimum Gasteiger partial charge on any atom is -0.375 e. The van der Waals surface area contributed by atoms with Crippen molar-refractivity contribution in [2.24, 2.45) is 10.8 Å². The number of thiocarbonyl (C=S) groups is 1. The van der Waals surface area contributed by atoms with Crippen LogP contribution in [-0.2, 0) is 6.18 Å². The van der Waals surface area contributed by atoms with E-state index in [9.17, 15) is 17.6 Å². The van der Waals surface area contributed by atoms with Gasteiger partial charge in [0.2, 0.25) is 0 Å². The first-order valence-electron chi connectivity index (χ1n) is 4.36. The van der Waals surface area contributed by atoms with Crippen LogP contribution in [0, 0.1) is 5.82 Å². The molecule has 0 bridgehead atoms. The van der Waals surface area contributed by atoms with Crippen molar-refractivity contribution < 1.29 is 17.6 Å². The van der Waals surface area contributed by atoms with Crippen LogP contribution in [0.4, 0.5) is 17.6 Å². The summed E-state index contributed by atoms with van der Waals surface area (Å²) in [5, 5.41) is 2.50. The maximum atomic E-state index is 13.4. The molecule has 0 aliphatic carbocycles. The average Bonchev–Trinajstić information content (AvgIpc) is 2.22. The van der Waals surface area contributed by atoms with Crippen molar-refractivity contribution in [2.45, 2.75) is 6.18 Å². The molecule has 0 unspecified atom stereocenters. The Morgan fingerprint density at radius 1 is 1.44 bits per heavy atom. The van der Waals surface area contributed by atoms with Gasteiger partial charge in [-0.2, -0.15) is 18.3 Å². The molecule has 0 aliphatic heterocycles. The number of nitrogens with two attached hydrogens (primary N) is 1. The molecule has 0 atom stereocenters. The van der Waals surface area contributed by atoms with Gasteiger partial charge in [0, 0.05) is 5.56 Å². The van der Waals surface area contributed by atoms with Crippen LogP contribution in [0.25, 0.3) is 0 Å². The second-order valence-corrected chi connectivity index (χ2v) is 3.94. The highest BCUT2D eigenvalue weighted by atomic mass is 35.5. The summed E-state index contributed by atoms with van der Waals surface area (Å²) in [6.45, 7) is 0. The lowest BCUT2D eigenvalue weighted by molar-refractivity contribution is -0.137. The Labute approximate surface area is 110 Å². The second-order valence-electron chi connectivity index (χ2n) is 3.09. The molecule has 3 nitrogen and oxygen atoms in total. The van der Waals surface area contributed by atoms with Gasteiger partial charge in [-0.05, 0) is 24.4 Å². The zero-order chi connectivity index (χ0) is 13.9. The summed E-state index contributed by atoms with van der Waals surface area (Å²) in [6, 6.07) is 1.07. The molecule has 9 heteroatoms. The first kappa shape index (κ1) is 14.7. The fourth-order valence-corrected chi connectivity index (χ4v) is 1.31. The third kappa shape index (κ3) is 3.81. The Balaban J connectivity index is 3.15. The van der Waals surface area contributed by atoms with Crippen LogP contribution >= 0.6 is 23.8 Å². The van der Waals surface area contributed by atoms with Gasteiger partial charge in [-0.15, -0.1) is 0 Å². The number of alkyl halides is 3. The molecule has 1 rings (SSSR count). The maximum absolute atomic E-state index is 13.4. The SMILES string of the molecule is NC(=S)NN=Cc1cc(C(F)(F)F)cc(Cl)c1F. The van der Waals surface area contributed by atoms with Crippen molar-refractivity contribution in [2.75, 3.05) is 0 Å². The smallest absolute Gasteiger partial charge is 0.375 e.